The van der Waals surface area contributed by atoms with E-state index in [9.17, 15) is 13.2 Å². The third-order valence-electron chi connectivity index (χ3n) is 2.79. The number of Topliss-reactive ketones (excluding diaryl/α,β-unsaturated/α-hetero) is 1. The van der Waals surface area contributed by atoms with Crippen LogP contribution >= 0.6 is 11.6 Å². The van der Waals surface area contributed by atoms with E-state index in [1.807, 2.05) is 0 Å². The van der Waals surface area contributed by atoms with Crippen LogP contribution in [0.5, 0.6) is 0 Å². The molecule has 1 aromatic carbocycles. The Hall–Kier alpha value is -1.72. The molecule has 0 N–H and O–H groups in total. The van der Waals surface area contributed by atoms with Gasteiger partial charge in [0.25, 0.3) is 0 Å². The van der Waals surface area contributed by atoms with Crippen LogP contribution in [-0.4, -0.2) is 25.4 Å². The van der Waals surface area contributed by atoms with Gasteiger partial charge in [0.1, 0.15) is 0 Å². The van der Waals surface area contributed by atoms with E-state index in [-0.39, 0.29) is 17.1 Å². The quantitative estimate of drug-likeness (QED) is 0.814. The van der Waals surface area contributed by atoms with Gasteiger partial charge in [-0.05, 0) is 23.8 Å². The van der Waals surface area contributed by atoms with Crippen LogP contribution in [0.1, 0.15) is 15.9 Å². The summed E-state index contributed by atoms with van der Waals surface area (Å²) in [5.74, 6) is -0.191. The number of carbonyl (C=O) groups excluding carboxylic acids is 1. The van der Waals surface area contributed by atoms with Crippen LogP contribution in [-0.2, 0) is 16.3 Å². The van der Waals surface area contributed by atoms with Crippen molar-refractivity contribution in [1.82, 2.24) is 4.98 Å². The first-order valence-electron chi connectivity index (χ1n) is 5.79. The van der Waals surface area contributed by atoms with Crippen LogP contribution in [0.4, 0.5) is 0 Å². The summed E-state index contributed by atoms with van der Waals surface area (Å²) in [6.07, 6.45) is 4.24. The van der Waals surface area contributed by atoms with E-state index >= 15 is 0 Å². The van der Waals surface area contributed by atoms with Crippen molar-refractivity contribution in [3.8, 4) is 0 Å². The largest absolute Gasteiger partial charge is 0.294 e. The minimum Gasteiger partial charge on any atom is -0.294 e. The second kappa shape index (κ2) is 5.73. The Labute approximate surface area is 122 Å². The Morgan fingerprint density at radius 1 is 1.30 bits per heavy atom. The Morgan fingerprint density at radius 3 is 2.70 bits per heavy atom. The molecule has 0 amide bonds. The zero-order chi connectivity index (χ0) is 14.8. The van der Waals surface area contributed by atoms with Gasteiger partial charge in [-0.15, -0.1) is 0 Å². The minimum atomic E-state index is -3.33. The highest BCUT2D eigenvalue weighted by atomic mass is 35.5. The first kappa shape index (κ1) is 14.7. The Balaban J connectivity index is 2.29. The Bertz CT molecular complexity index is 757. The van der Waals surface area contributed by atoms with E-state index < -0.39 is 9.84 Å². The number of carbonyl (C=O) groups is 1. The molecule has 0 bridgehead atoms. The first-order chi connectivity index (χ1) is 9.38. The molecule has 2 aromatic rings. The zero-order valence-corrected chi connectivity index (χ0v) is 12.3. The van der Waals surface area contributed by atoms with E-state index in [4.69, 9.17) is 11.6 Å². The molecular weight excluding hydrogens is 298 g/mol. The van der Waals surface area contributed by atoms with Gasteiger partial charge < -0.3 is 0 Å². The summed E-state index contributed by atoms with van der Waals surface area (Å²) >= 11 is 5.95. The van der Waals surface area contributed by atoms with Gasteiger partial charge in [-0.1, -0.05) is 23.7 Å². The van der Waals surface area contributed by atoms with Crippen molar-refractivity contribution in [3.63, 3.8) is 0 Å². The lowest BCUT2D eigenvalue weighted by molar-refractivity contribution is 0.0993. The monoisotopic (exact) mass is 309 g/mol. The van der Waals surface area contributed by atoms with Gasteiger partial charge in [0.05, 0.1) is 9.92 Å². The van der Waals surface area contributed by atoms with Crippen molar-refractivity contribution in [2.45, 2.75) is 11.3 Å². The summed E-state index contributed by atoms with van der Waals surface area (Å²) in [5, 5.41) is 0.417. The first-order valence-corrected chi connectivity index (χ1v) is 8.06. The molecule has 104 valence electrons. The molecule has 0 radical (unpaired) electrons. The van der Waals surface area contributed by atoms with Crippen LogP contribution in [0, 0.1) is 0 Å². The SMILES string of the molecule is CS(=O)(=O)c1cccc(C(=O)Cc2ccncc2Cl)c1. The molecule has 1 heterocycles. The fourth-order valence-corrected chi connectivity index (χ4v) is 2.58. The average molecular weight is 310 g/mol. The van der Waals surface area contributed by atoms with Crippen molar-refractivity contribution in [1.29, 1.82) is 0 Å². The van der Waals surface area contributed by atoms with Crippen molar-refractivity contribution in [3.05, 3.63) is 58.9 Å². The molecule has 20 heavy (non-hydrogen) atoms. The fraction of sp³-hybridized carbons (Fsp3) is 0.143. The van der Waals surface area contributed by atoms with Crippen LogP contribution in [0.15, 0.2) is 47.6 Å². The Kier molecular flexibility index (Phi) is 4.20. The summed E-state index contributed by atoms with van der Waals surface area (Å²) < 4.78 is 23.0. The maximum atomic E-state index is 12.2. The van der Waals surface area contributed by atoms with Crippen molar-refractivity contribution < 1.29 is 13.2 Å². The number of benzene rings is 1. The molecule has 0 aliphatic carbocycles. The van der Waals surface area contributed by atoms with Gasteiger partial charge in [-0.25, -0.2) is 8.42 Å². The molecule has 0 fully saturated rings. The highest BCUT2D eigenvalue weighted by Crippen LogP contribution is 2.18. The molecule has 4 nitrogen and oxygen atoms in total. The lowest BCUT2D eigenvalue weighted by Crippen LogP contribution is -2.06. The van der Waals surface area contributed by atoms with Gasteiger partial charge >= 0.3 is 0 Å². The minimum absolute atomic E-state index is 0.106. The van der Waals surface area contributed by atoms with Gasteiger partial charge in [0, 0.05) is 30.6 Å². The number of rotatable bonds is 4. The molecule has 1 aromatic heterocycles. The van der Waals surface area contributed by atoms with Crippen LogP contribution < -0.4 is 0 Å². The van der Waals surface area contributed by atoms with Crippen molar-refractivity contribution in [2.24, 2.45) is 0 Å². The highest BCUT2D eigenvalue weighted by Gasteiger charge is 2.13. The average Bonchev–Trinajstić information content (AvgIpc) is 2.40. The number of hydrogen-bond donors (Lipinski definition) is 0. The van der Waals surface area contributed by atoms with E-state index in [2.05, 4.69) is 4.98 Å². The van der Waals surface area contributed by atoms with Crippen molar-refractivity contribution in [2.75, 3.05) is 6.26 Å². The smallest absolute Gasteiger partial charge is 0.175 e. The summed E-state index contributed by atoms with van der Waals surface area (Å²) in [6, 6.07) is 7.66. The number of aromatic nitrogens is 1. The molecular formula is C14H12ClNO3S. The predicted octanol–water partition coefficient (Wildman–Crippen LogP) is 2.56. The van der Waals surface area contributed by atoms with Crippen LogP contribution in [0.25, 0.3) is 0 Å². The Morgan fingerprint density at radius 2 is 2.05 bits per heavy atom. The number of pyridine rings is 1. The molecule has 0 spiro atoms. The molecule has 2 rings (SSSR count). The molecule has 6 heteroatoms. The molecule has 0 saturated carbocycles. The van der Waals surface area contributed by atoms with E-state index in [0.29, 0.717) is 16.1 Å². The molecule has 0 aliphatic rings. The van der Waals surface area contributed by atoms with Gasteiger partial charge in [0.15, 0.2) is 15.6 Å². The van der Waals surface area contributed by atoms with Gasteiger partial charge in [-0.2, -0.15) is 0 Å². The van der Waals surface area contributed by atoms with Gasteiger partial charge in [-0.3, -0.25) is 9.78 Å². The number of nitrogens with zero attached hydrogens (tertiary/aromatic N) is 1. The van der Waals surface area contributed by atoms with Crippen molar-refractivity contribution >= 4 is 27.2 Å². The molecule has 0 saturated heterocycles. The molecule has 0 unspecified atom stereocenters. The van der Waals surface area contributed by atoms with E-state index in [1.165, 1.54) is 18.3 Å². The summed E-state index contributed by atoms with van der Waals surface area (Å²) in [5.41, 5.74) is 1.01. The predicted molar refractivity (Wildman–Crippen MR) is 76.8 cm³/mol. The topological polar surface area (TPSA) is 64.1 Å². The van der Waals surface area contributed by atoms with E-state index in [1.54, 1.807) is 24.4 Å². The van der Waals surface area contributed by atoms with E-state index in [0.717, 1.165) is 6.26 Å². The lowest BCUT2D eigenvalue weighted by atomic mass is 10.0. The number of sulfone groups is 1. The fourth-order valence-electron chi connectivity index (χ4n) is 1.72. The zero-order valence-electron chi connectivity index (χ0n) is 10.7. The summed E-state index contributed by atoms with van der Waals surface area (Å²) in [7, 11) is -3.33. The third-order valence-corrected chi connectivity index (χ3v) is 4.24. The second-order valence-electron chi connectivity index (χ2n) is 4.37. The lowest BCUT2D eigenvalue weighted by Gasteiger charge is -2.05. The van der Waals surface area contributed by atoms with Gasteiger partial charge in [0.2, 0.25) is 0 Å². The standard InChI is InChI=1S/C14H12ClNO3S/c1-20(18,19)12-4-2-3-11(7-12)14(17)8-10-5-6-16-9-13(10)15/h2-7,9H,8H2,1H3. The third kappa shape index (κ3) is 3.43. The van der Waals surface area contributed by atoms with Crippen LogP contribution in [0.3, 0.4) is 0 Å². The maximum absolute atomic E-state index is 12.2. The maximum Gasteiger partial charge on any atom is 0.175 e. The number of hydrogen-bond acceptors (Lipinski definition) is 4. The normalized spacial score (nSPS) is 11.3. The molecule has 0 aliphatic heterocycles. The second-order valence-corrected chi connectivity index (χ2v) is 6.79. The summed E-state index contributed by atoms with van der Waals surface area (Å²) in [6.45, 7) is 0. The summed E-state index contributed by atoms with van der Waals surface area (Å²) in [4.78, 5) is 16.1. The number of ketones is 1. The van der Waals surface area contributed by atoms with Crippen LogP contribution in [0.2, 0.25) is 5.02 Å². The highest BCUT2D eigenvalue weighted by molar-refractivity contribution is 7.90. The number of halogens is 1. The molecule has 0 atom stereocenters.